The standard InChI is InChI=1S/C19H18F2N2O2/c20-14-9-7-13(8-10-14)12-23-17(5-2-6-18(23)24)19(25)22-16-4-1-3-15(21)11-16/h1,3-4,7-11,17H,2,5-6,12H2,(H,22,25). The molecule has 1 unspecified atom stereocenters. The van der Waals surface area contributed by atoms with E-state index in [1.54, 1.807) is 18.2 Å². The third-order valence-corrected chi connectivity index (χ3v) is 4.23. The number of rotatable bonds is 4. The number of carbonyl (C=O) groups excluding carboxylic acids is 2. The van der Waals surface area contributed by atoms with Crippen LogP contribution in [0.1, 0.15) is 24.8 Å². The Morgan fingerprint density at radius 3 is 2.60 bits per heavy atom. The van der Waals surface area contributed by atoms with Gasteiger partial charge in [0.2, 0.25) is 11.8 Å². The van der Waals surface area contributed by atoms with E-state index in [-0.39, 0.29) is 24.2 Å². The van der Waals surface area contributed by atoms with Crippen molar-refractivity contribution in [1.29, 1.82) is 0 Å². The molecule has 1 saturated heterocycles. The summed E-state index contributed by atoms with van der Waals surface area (Å²) in [6.45, 7) is 0.236. The normalized spacial score (nSPS) is 17.4. The molecule has 25 heavy (non-hydrogen) atoms. The van der Waals surface area contributed by atoms with Crippen molar-refractivity contribution in [2.45, 2.75) is 31.8 Å². The van der Waals surface area contributed by atoms with Gasteiger partial charge in [-0.15, -0.1) is 0 Å². The van der Waals surface area contributed by atoms with Crippen molar-refractivity contribution in [3.63, 3.8) is 0 Å². The van der Waals surface area contributed by atoms with Gasteiger partial charge in [0.25, 0.3) is 0 Å². The number of halogens is 2. The van der Waals surface area contributed by atoms with Gasteiger partial charge in [-0.05, 0) is 48.7 Å². The number of amides is 2. The topological polar surface area (TPSA) is 49.4 Å². The first-order valence-corrected chi connectivity index (χ1v) is 8.13. The summed E-state index contributed by atoms with van der Waals surface area (Å²) in [6, 6.07) is 10.8. The summed E-state index contributed by atoms with van der Waals surface area (Å²) in [6.07, 6.45) is 1.54. The van der Waals surface area contributed by atoms with E-state index in [0.717, 1.165) is 5.56 Å². The summed E-state index contributed by atoms with van der Waals surface area (Å²) < 4.78 is 26.3. The van der Waals surface area contributed by atoms with E-state index in [2.05, 4.69) is 5.32 Å². The highest BCUT2D eigenvalue weighted by Gasteiger charge is 2.33. The third kappa shape index (κ3) is 4.21. The molecule has 0 spiro atoms. The van der Waals surface area contributed by atoms with Crippen molar-refractivity contribution in [2.24, 2.45) is 0 Å². The summed E-state index contributed by atoms with van der Waals surface area (Å²) in [5, 5.41) is 2.67. The fourth-order valence-corrected chi connectivity index (χ4v) is 2.97. The van der Waals surface area contributed by atoms with Gasteiger partial charge in [-0.3, -0.25) is 9.59 Å². The van der Waals surface area contributed by atoms with Crippen molar-refractivity contribution in [3.05, 3.63) is 65.7 Å². The van der Waals surface area contributed by atoms with Crippen LogP contribution in [0.4, 0.5) is 14.5 Å². The van der Waals surface area contributed by atoms with Crippen molar-refractivity contribution in [2.75, 3.05) is 5.32 Å². The Morgan fingerprint density at radius 2 is 1.88 bits per heavy atom. The minimum Gasteiger partial charge on any atom is -0.326 e. The van der Waals surface area contributed by atoms with Gasteiger partial charge >= 0.3 is 0 Å². The molecule has 1 atom stereocenters. The van der Waals surface area contributed by atoms with Gasteiger partial charge in [-0.2, -0.15) is 0 Å². The highest BCUT2D eigenvalue weighted by Crippen LogP contribution is 2.22. The Labute approximate surface area is 144 Å². The predicted octanol–water partition coefficient (Wildman–Crippen LogP) is 3.48. The second kappa shape index (κ2) is 7.42. The largest absolute Gasteiger partial charge is 0.326 e. The van der Waals surface area contributed by atoms with Gasteiger partial charge in [-0.25, -0.2) is 8.78 Å². The van der Waals surface area contributed by atoms with Crippen LogP contribution in [0.15, 0.2) is 48.5 Å². The number of likely N-dealkylation sites (tertiary alicyclic amines) is 1. The van der Waals surface area contributed by atoms with Crippen molar-refractivity contribution < 1.29 is 18.4 Å². The number of piperidine rings is 1. The molecule has 0 aliphatic carbocycles. The molecule has 2 aromatic carbocycles. The lowest BCUT2D eigenvalue weighted by Crippen LogP contribution is -2.49. The van der Waals surface area contributed by atoms with E-state index in [4.69, 9.17) is 0 Å². The van der Waals surface area contributed by atoms with Gasteiger partial charge in [0, 0.05) is 18.7 Å². The fourth-order valence-electron chi connectivity index (χ4n) is 2.97. The number of anilines is 1. The van der Waals surface area contributed by atoms with E-state index < -0.39 is 11.9 Å². The van der Waals surface area contributed by atoms with E-state index in [0.29, 0.717) is 24.9 Å². The Bertz CT molecular complexity index is 777. The van der Waals surface area contributed by atoms with Crippen molar-refractivity contribution in [3.8, 4) is 0 Å². The molecule has 0 bridgehead atoms. The molecule has 0 saturated carbocycles. The molecule has 1 fully saturated rings. The lowest BCUT2D eigenvalue weighted by Gasteiger charge is -2.34. The van der Waals surface area contributed by atoms with E-state index in [1.165, 1.54) is 35.2 Å². The molecule has 3 rings (SSSR count). The number of carbonyl (C=O) groups is 2. The third-order valence-electron chi connectivity index (χ3n) is 4.23. The van der Waals surface area contributed by atoms with Gasteiger partial charge in [-0.1, -0.05) is 18.2 Å². The zero-order valence-electron chi connectivity index (χ0n) is 13.5. The van der Waals surface area contributed by atoms with Crippen LogP contribution in [0.5, 0.6) is 0 Å². The lowest BCUT2D eigenvalue weighted by atomic mass is 9.99. The number of hydrogen-bond donors (Lipinski definition) is 1. The first kappa shape index (κ1) is 17.1. The summed E-state index contributed by atoms with van der Waals surface area (Å²) >= 11 is 0. The fraction of sp³-hybridized carbons (Fsp3) is 0.263. The van der Waals surface area contributed by atoms with Crippen LogP contribution in [0.3, 0.4) is 0 Å². The smallest absolute Gasteiger partial charge is 0.247 e. The highest BCUT2D eigenvalue weighted by atomic mass is 19.1. The summed E-state index contributed by atoms with van der Waals surface area (Å²) in [5.41, 5.74) is 1.10. The molecule has 1 aliphatic rings. The zero-order chi connectivity index (χ0) is 17.8. The molecule has 4 nitrogen and oxygen atoms in total. The molecular weight excluding hydrogens is 326 g/mol. The molecule has 1 N–H and O–H groups in total. The molecule has 1 aliphatic heterocycles. The number of nitrogens with one attached hydrogen (secondary N) is 1. The van der Waals surface area contributed by atoms with Crippen LogP contribution in [0.25, 0.3) is 0 Å². The summed E-state index contributed by atoms with van der Waals surface area (Å²) in [5.74, 6) is -1.26. The quantitative estimate of drug-likeness (QED) is 0.923. The van der Waals surface area contributed by atoms with Crippen molar-refractivity contribution in [1.82, 2.24) is 4.90 Å². The molecular formula is C19H18F2N2O2. The minimum absolute atomic E-state index is 0.116. The first-order valence-electron chi connectivity index (χ1n) is 8.13. The van der Waals surface area contributed by atoms with Crippen molar-refractivity contribution >= 4 is 17.5 Å². The van der Waals surface area contributed by atoms with Crippen LogP contribution >= 0.6 is 0 Å². The number of nitrogens with zero attached hydrogens (tertiary/aromatic N) is 1. The van der Waals surface area contributed by atoms with Gasteiger partial charge in [0.05, 0.1) is 0 Å². The molecule has 1 heterocycles. The maximum atomic E-state index is 13.3. The molecule has 0 aromatic heterocycles. The molecule has 2 amide bonds. The van der Waals surface area contributed by atoms with Crippen LogP contribution in [0, 0.1) is 11.6 Å². The van der Waals surface area contributed by atoms with E-state index >= 15 is 0 Å². The average molecular weight is 344 g/mol. The number of hydrogen-bond acceptors (Lipinski definition) is 2. The molecule has 6 heteroatoms. The summed E-state index contributed by atoms with van der Waals surface area (Å²) in [7, 11) is 0. The summed E-state index contributed by atoms with van der Waals surface area (Å²) in [4.78, 5) is 26.4. The zero-order valence-corrected chi connectivity index (χ0v) is 13.5. The van der Waals surface area contributed by atoms with Crippen LogP contribution in [-0.4, -0.2) is 22.8 Å². The van der Waals surface area contributed by atoms with E-state index in [1.807, 2.05) is 0 Å². The monoisotopic (exact) mass is 344 g/mol. The Balaban J connectivity index is 1.75. The molecule has 0 radical (unpaired) electrons. The minimum atomic E-state index is -0.630. The Hall–Kier alpha value is -2.76. The highest BCUT2D eigenvalue weighted by molar-refractivity contribution is 5.97. The average Bonchev–Trinajstić information content (AvgIpc) is 2.58. The van der Waals surface area contributed by atoms with Gasteiger partial charge < -0.3 is 10.2 Å². The Kier molecular flexibility index (Phi) is 5.07. The Morgan fingerprint density at radius 1 is 1.12 bits per heavy atom. The molecule has 2 aromatic rings. The second-order valence-corrected chi connectivity index (χ2v) is 6.06. The van der Waals surface area contributed by atoms with Crippen LogP contribution in [-0.2, 0) is 16.1 Å². The second-order valence-electron chi connectivity index (χ2n) is 6.06. The maximum Gasteiger partial charge on any atom is 0.247 e. The predicted molar refractivity (Wildman–Crippen MR) is 89.6 cm³/mol. The number of benzene rings is 2. The van der Waals surface area contributed by atoms with Crippen LogP contribution in [0.2, 0.25) is 0 Å². The van der Waals surface area contributed by atoms with Crippen LogP contribution < -0.4 is 5.32 Å². The first-order chi connectivity index (χ1) is 12.0. The lowest BCUT2D eigenvalue weighted by molar-refractivity contribution is -0.142. The maximum absolute atomic E-state index is 13.3. The van der Waals surface area contributed by atoms with E-state index in [9.17, 15) is 18.4 Å². The SMILES string of the molecule is O=C(Nc1cccc(F)c1)C1CCCC(=O)N1Cc1ccc(F)cc1. The van der Waals surface area contributed by atoms with Gasteiger partial charge in [0.1, 0.15) is 17.7 Å². The molecule has 130 valence electrons. The van der Waals surface area contributed by atoms with Gasteiger partial charge in [0.15, 0.2) is 0 Å².